The van der Waals surface area contributed by atoms with E-state index >= 15 is 0 Å². The first kappa shape index (κ1) is 15.4. The molecule has 0 aliphatic carbocycles. The first-order valence-corrected chi connectivity index (χ1v) is 8.45. The molecule has 0 unspecified atom stereocenters. The molecular formula is C23H19NO. The van der Waals surface area contributed by atoms with Gasteiger partial charge in [-0.15, -0.1) is 0 Å². The summed E-state index contributed by atoms with van der Waals surface area (Å²) in [5.74, 6) is 0. The molecule has 0 bridgehead atoms. The molecule has 0 saturated carbocycles. The number of rotatable bonds is 4. The normalized spacial score (nSPS) is 10.9. The fourth-order valence-corrected chi connectivity index (χ4v) is 3.28. The van der Waals surface area contributed by atoms with Gasteiger partial charge in [0.2, 0.25) is 0 Å². The van der Waals surface area contributed by atoms with Crippen molar-refractivity contribution in [3.05, 3.63) is 101 Å². The second-order valence-corrected chi connectivity index (χ2v) is 6.42. The number of fused-ring (bicyclic) bond motifs is 1. The van der Waals surface area contributed by atoms with E-state index < -0.39 is 0 Å². The van der Waals surface area contributed by atoms with E-state index in [1.807, 2.05) is 23.6 Å². The molecule has 0 N–H and O–H groups in total. The number of aromatic nitrogens is 1. The Balaban J connectivity index is 1.70. The van der Waals surface area contributed by atoms with Crippen molar-refractivity contribution in [1.29, 1.82) is 0 Å². The number of aryl methyl sites for hydroxylation is 1. The molecule has 4 aromatic rings. The van der Waals surface area contributed by atoms with Gasteiger partial charge >= 0.3 is 0 Å². The Bertz CT molecular complexity index is 1030. The molecule has 0 radical (unpaired) electrons. The number of aldehydes is 1. The Hall–Kier alpha value is -3.13. The second kappa shape index (κ2) is 6.40. The number of pyridine rings is 1. The van der Waals surface area contributed by atoms with E-state index in [2.05, 4.69) is 66.7 Å². The maximum Gasteiger partial charge on any atom is 0.167 e. The molecule has 0 aliphatic heterocycles. The minimum atomic E-state index is 0.703. The molecule has 0 fully saturated rings. The van der Waals surface area contributed by atoms with Crippen LogP contribution in [0.3, 0.4) is 0 Å². The van der Waals surface area contributed by atoms with E-state index in [0.29, 0.717) is 5.69 Å². The molecule has 0 atom stereocenters. The molecule has 2 aromatic heterocycles. The summed E-state index contributed by atoms with van der Waals surface area (Å²) in [5.41, 5.74) is 7.49. The lowest BCUT2D eigenvalue weighted by molar-refractivity contribution is 0.111. The number of hydrogen-bond donors (Lipinski definition) is 0. The summed E-state index contributed by atoms with van der Waals surface area (Å²) in [6.45, 7) is 2.03. The largest absolute Gasteiger partial charge is 0.313 e. The first-order valence-electron chi connectivity index (χ1n) is 8.45. The van der Waals surface area contributed by atoms with Crippen molar-refractivity contribution in [2.45, 2.75) is 13.3 Å². The zero-order valence-corrected chi connectivity index (χ0v) is 14.1. The third-order valence-electron chi connectivity index (χ3n) is 4.58. The first-order chi connectivity index (χ1) is 12.2. The highest BCUT2D eigenvalue weighted by Crippen LogP contribution is 2.28. The summed E-state index contributed by atoms with van der Waals surface area (Å²) < 4.78 is 1.97. The molecule has 2 nitrogen and oxygen atoms in total. The van der Waals surface area contributed by atoms with Gasteiger partial charge in [0.05, 0.1) is 5.69 Å². The maximum atomic E-state index is 11.7. The van der Waals surface area contributed by atoms with Crippen LogP contribution in [0.2, 0.25) is 0 Å². The summed E-state index contributed by atoms with van der Waals surface area (Å²) in [7, 11) is 0. The van der Waals surface area contributed by atoms with E-state index in [1.165, 1.54) is 11.1 Å². The Labute approximate surface area is 147 Å². The summed E-state index contributed by atoms with van der Waals surface area (Å²) in [5, 5.41) is 0. The quantitative estimate of drug-likeness (QED) is 0.465. The van der Waals surface area contributed by atoms with Crippen LogP contribution in [-0.4, -0.2) is 10.7 Å². The third-order valence-corrected chi connectivity index (χ3v) is 4.58. The molecule has 4 rings (SSSR count). The van der Waals surface area contributed by atoms with Crippen molar-refractivity contribution in [3.8, 4) is 11.1 Å². The van der Waals surface area contributed by atoms with Gasteiger partial charge in [-0.25, -0.2) is 0 Å². The standard InChI is InChI=1S/C23H19NO/c1-17-7-12-21-14-22(23(16-25)24(21)15-17)20-10-8-19(9-11-20)13-18-5-3-2-4-6-18/h2-12,14-16H,13H2,1H3. The third kappa shape index (κ3) is 2.99. The second-order valence-electron chi connectivity index (χ2n) is 6.42. The predicted octanol–water partition coefficient (Wildman–Crippen LogP) is 5.32. The average molecular weight is 325 g/mol. The summed E-state index contributed by atoms with van der Waals surface area (Å²) in [6, 6.07) is 25.1. The van der Waals surface area contributed by atoms with Gasteiger partial charge in [0.1, 0.15) is 0 Å². The van der Waals surface area contributed by atoms with Gasteiger partial charge in [-0.05, 0) is 47.7 Å². The highest BCUT2D eigenvalue weighted by molar-refractivity contribution is 5.89. The summed E-state index contributed by atoms with van der Waals surface area (Å²) in [4.78, 5) is 11.7. The Morgan fingerprint density at radius 3 is 2.32 bits per heavy atom. The number of carbonyl (C=O) groups excluding carboxylic acids is 1. The van der Waals surface area contributed by atoms with Crippen LogP contribution in [0.1, 0.15) is 27.2 Å². The van der Waals surface area contributed by atoms with Crippen molar-refractivity contribution in [3.63, 3.8) is 0 Å². The van der Waals surface area contributed by atoms with Crippen LogP contribution >= 0.6 is 0 Å². The van der Waals surface area contributed by atoms with Gasteiger partial charge in [0.15, 0.2) is 6.29 Å². The Kier molecular flexibility index (Phi) is 3.95. The summed E-state index contributed by atoms with van der Waals surface area (Å²) >= 11 is 0. The van der Waals surface area contributed by atoms with Gasteiger partial charge in [-0.1, -0.05) is 60.7 Å². The van der Waals surface area contributed by atoms with Crippen LogP contribution in [-0.2, 0) is 6.42 Å². The number of benzene rings is 2. The van der Waals surface area contributed by atoms with Crippen molar-refractivity contribution >= 4 is 11.8 Å². The average Bonchev–Trinajstić information content (AvgIpc) is 3.01. The lowest BCUT2D eigenvalue weighted by atomic mass is 10.0. The maximum absolute atomic E-state index is 11.7. The topological polar surface area (TPSA) is 21.5 Å². The SMILES string of the molecule is Cc1ccc2cc(-c3ccc(Cc4ccccc4)cc3)c(C=O)n2c1. The van der Waals surface area contributed by atoms with E-state index in [0.717, 1.165) is 34.9 Å². The highest BCUT2D eigenvalue weighted by atomic mass is 16.1. The van der Waals surface area contributed by atoms with Crippen LogP contribution < -0.4 is 0 Å². The van der Waals surface area contributed by atoms with Gasteiger partial charge in [0, 0.05) is 17.3 Å². The van der Waals surface area contributed by atoms with E-state index in [4.69, 9.17) is 0 Å². The van der Waals surface area contributed by atoms with Crippen LogP contribution in [0.5, 0.6) is 0 Å². The molecule has 122 valence electrons. The molecule has 0 saturated heterocycles. The molecule has 0 aliphatic rings. The molecule has 0 amide bonds. The van der Waals surface area contributed by atoms with Gasteiger partial charge in [0.25, 0.3) is 0 Å². The van der Waals surface area contributed by atoms with Crippen LogP contribution in [0.15, 0.2) is 79.0 Å². The van der Waals surface area contributed by atoms with E-state index in [1.54, 1.807) is 0 Å². The molecule has 2 heteroatoms. The van der Waals surface area contributed by atoms with Gasteiger partial charge < -0.3 is 4.40 Å². The minimum Gasteiger partial charge on any atom is -0.313 e. The van der Waals surface area contributed by atoms with Crippen LogP contribution in [0.4, 0.5) is 0 Å². The Morgan fingerprint density at radius 1 is 0.880 bits per heavy atom. The van der Waals surface area contributed by atoms with Crippen LogP contribution in [0.25, 0.3) is 16.6 Å². The zero-order valence-electron chi connectivity index (χ0n) is 14.1. The lowest BCUT2D eigenvalue weighted by Gasteiger charge is -2.05. The molecular weight excluding hydrogens is 306 g/mol. The molecule has 0 spiro atoms. The van der Waals surface area contributed by atoms with E-state index in [9.17, 15) is 4.79 Å². The molecule has 25 heavy (non-hydrogen) atoms. The zero-order chi connectivity index (χ0) is 17.2. The summed E-state index contributed by atoms with van der Waals surface area (Å²) in [6.07, 6.45) is 3.87. The minimum absolute atomic E-state index is 0.703. The molecule has 2 heterocycles. The monoisotopic (exact) mass is 325 g/mol. The van der Waals surface area contributed by atoms with Crippen LogP contribution in [0, 0.1) is 6.92 Å². The fraction of sp³-hybridized carbons (Fsp3) is 0.0870. The van der Waals surface area contributed by atoms with Crippen molar-refractivity contribution in [2.75, 3.05) is 0 Å². The van der Waals surface area contributed by atoms with Gasteiger partial charge in [-0.2, -0.15) is 0 Å². The van der Waals surface area contributed by atoms with Crippen molar-refractivity contribution in [2.24, 2.45) is 0 Å². The fourth-order valence-electron chi connectivity index (χ4n) is 3.28. The lowest BCUT2D eigenvalue weighted by Crippen LogP contribution is -1.93. The van der Waals surface area contributed by atoms with Crippen molar-refractivity contribution in [1.82, 2.24) is 4.40 Å². The number of nitrogens with zero attached hydrogens (tertiary/aromatic N) is 1. The Morgan fingerprint density at radius 2 is 1.60 bits per heavy atom. The smallest absolute Gasteiger partial charge is 0.167 e. The van der Waals surface area contributed by atoms with Crippen molar-refractivity contribution < 1.29 is 4.79 Å². The predicted molar refractivity (Wildman–Crippen MR) is 102 cm³/mol. The number of hydrogen-bond acceptors (Lipinski definition) is 1. The molecule has 2 aromatic carbocycles. The van der Waals surface area contributed by atoms with Gasteiger partial charge in [-0.3, -0.25) is 4.79 Å². The number of carbonyl (C=O) groups is 1. The highest BCUT2D eigenvalue weighted by Gasteiger charge is 2.11. The van der Waals surface area contributed by atoms with E-state index in [-0.39, 0.29) is 0 Å².